The van der Waals surface area contributed by atoms with E-state index < -0.39 is 9.41 Å². The van der Waals surface area contributed by atoms with Crippen LogP contribution in [-0.2, 0) is 47.9 Å². The fraction of sp³-hybridized carbons (Fsp3) is 0.333. The van der Waals surface area contributed by atoms with Gasteiger partial charge in [0, 0.05) is 45.5 Å². The third-order valence-corrected chi connectivity index (χ3v) is 3.54. The van der Waals surface area contributed by atoms with Crippen molar-refractivity contribution < 1.29 is 37.4 Å². The Balaban J connectivity index is 0.00000169. The smallest absolute Gasteiger partial charge is 0.125 e. The van der Waals surface area contributed by atoms with E-state index in [-0.39, 0.29) is 32.7 Å². The summed E-state index contributed by atoms with van der Waals surface area (Å²) in [7, 11) is 0.586. The molecule has 1 radical (unpaired) electrons. The Labute approximate surface area is 111 Å². The number of hydrogen-bond acceptors (Lipinski definition) is 2. The van der Waals surface area contributed by atoms with Crippen LogP contribution < -0.4 is 4.73 Å². The number of nitrogens with zero attached hydrogens (tertiary/aromatic N) is 2. The molecule has 3 nitrogen and oxygen atoms in total. The maximum absolute atomic E-state index is 10.9. The van der Waals surface area contributed by atoms with Crippen LogP contribution in [0.15, 0.2) is 22.7 Å². The molecule has 1 rings (SSSR count). The van der Waals surface area contributed by atoms with Crippen molar-refractivity contribution >= 4 is 15.3 Å². The number of aromatic nitrogens is 1. The van der Waals surface area contributed by atoms with E-state index in [0.29, 0.717) is 4.73 Å². The summed E-state index contributed by atoms with van der Waals surface area (Å²) in [5, 5.41) is 10.9. The van der Waals surface area contributed by atoms with E-state index in [2.05, 4.69) is 16.4 Å². The summed E-state index contributed by atoms with van der Waals surface area (Å²) in [6, 6.07) is 3.49. The van der Waals surface area contributed by atoms with E-state index in [1.54, 1.807) is 13.1 Å². The third kappa shape index (κ3) is 4.53. The molecule has 1 aromatic rings. The molecule has 1 atom stereocenters. The molecule has 5 heteroatoms. The van der Waals surface area contributed by atoms with Gasteiger partial charge in [-0.2, -0.15) is 6.07 Å². The SMILES string of the molecule is C=S(C)(Cc1cc[c-][n+]([O-])c1)=NC.[Y]. The van der Waals surface area contributed by atoms with Gasteiger partial charge in [-0.3, -0.25) is 9.09 Å². The van der Waals surface area contributed by atoms with Gasteiger partial charge in [-0.15, -0.1) is 15.5 Å². The first-order valence-electron chi connectivity index (χ1n) is 3.83. The zero-order chi connectivity index (χ0) is 9.90. The maximum atomic E-state index is 10.9. The van der Waals surface area contributed by atoms with Gasteiger partial charge < -0.3 is 5.21 Å². The molecular weight excluding hydrogens is 273 g/mol. The van der Waals surface area contributed by atoms with Crippen LogP contribution in [0.25, 0.3) is 0 Å². The van der Waals surface area contributed by atoms with Crippen LogP contribution in [-0.4, -0.2) is 19.2 Å². The van der Waals surface area contributed by atoms with Crippen molar-refractivity contribution in [3.05, 3.63) is 35.3 Å². The molecule has 1 aromatic heterocycles. The van der Waals surface area contributed by atoms with E-state index in [1.165, 1.54) is 6.20 Å². The molecule has 0 saturated heterocycles. The summed E-state index contributed by atoms with van der Waals surface area (Å²) in [5.74, 6) is 4.76. The van der Waals surface area contributed by atoms with E-state index in [0.717, 1.165) is 11.3 Å². The summed E-state index contributed by atoms with van der Waals surface area (Å²) in [6.45, 7) is 0. The molecule has 0 bridgehead atoms. The minimum atomic E-state index is -1.18. The maximum Gasteiger partial charge on any atom is 0.125 e. The van der Waals surface area contributed by atoms with Gasteiger partial charge in [0.15, 0.2) is 0 Å². The van der Waals surface area contributed by atoms with Crippen molar-refractivity contribution in [1.82, 2.24) is 0 Å². The van der Waals surface area contributed by atoms with Crippen molar-refractivity contribution in [2.75, 3.05) is 13.3 Å². The standard InChI is InChI=1S/C9H13N2OS.Y/c1-10-13(2,3)8-9-5-4-6-11(12)7-9;/h4-5,7H,2,8H2,1,3H3;/q-1;. The largest absolute Gasteiger partial charge is 0.641 e. The van der Waals surface area contributed by atoms with Crippen LogP contribution in [0.3, 0.4) is 0 Å². The Kier molecular flexibility index (Phi) is 5.87. The number of hydrogen-bond donors (Lipinski definition) is 0. The first-order chi connectivity index (χ1) is 6.03. The predicted molar refractivity (Wildman–Crippen MR) is 56.7 cm³/mol. The van der Waals surface area contributed by atoms with E-state index in [9.17, 15) is 5.21 Å². The molecule has 75 valence electrons. The molecule has 0 amide bonds. The third-order valence-electron chi connectivity index (χ3n) is 1.70. The molecule has 0 spiro atoms. The van der Waals surface area contributed by atoms with Gasteiger partial charge in [0.2, 0.25) is 0 Å². The second-order valence-corrected chi connectivity index (χ2v) is 6.14. The van der Waals surface area contributed by atoms with Gasteiger partial charge in [0.1, 0.15) is 6.20 Å². The van der Waals surface area contributed by atoms with Gasteiger partial charge in [0.05, 0.1) is 6.20 Å². The molecule has 1 heterocycles. The Morgan fingerprint density at radius 3 is 2.86 bits per heavy atom. The minimum absolute atomic E-state index is 0. The van der Waals surface area contributed by atoms with E-state index in [4.69, 9.17) is 0 Å². The molecule has 0 fully saturated rings. The number of pyridine rings is 1. The van der Waals surface area contributed by atoms with Crippen molar-refractivity contribution in [2.45, 2.75) is 5.75 Å². The normalized spacial score (nSPS) is 13.9. The van der Waals surface area contributed by atoms with Gasteiger partial charge in [-0.25, -0.2) is 0 Å². The zero-order valence-electron chi connectivity index (χ0n) is 8.43. The Morgan fingerprint density at radius 2 is 2.36 bits per heavy atom. The summed E-state index contributed by atoms with van der Waals surface area (Å²) < 4.78 is 4.88. The quantitative estimate of drug-likeness (QED) is 0.340. The van der Waals surface area contributed by atoms with Gasteiger partial charge in [0.25, 0.3) is 0 Å². The fourth-order valence-electron chi connectivity index (χ4n) is 0.958. The zero-order valence-corrected chi connectivity index (χ0v) is 12.1. The average molecular weight is 286 g/mol. The van der Waals surface area contributed by atoms with Crippen molar-refractivity contribution in [2.24, 2.45) is 4.36 Å². The van der Waals surface area contributed by atoms with Crippen LogP contribution in [0.1, 0.15) is 5.56 Å². The van der Waals surface area contributed by atoms with Crippen LogP contribution in [0, 0.1) is 11.4 Å². The topological polar surface area (TPSA) is 39.3 Å². The van der Waals surface area contributed by atoms with Crippen molar-refractivity contribution in [3.8, 4) is 0 Å². The van der Waals surface area contributed by atoms with Crippen LogP contribution in [0.4, 0.5) is 0 Å². The summed E-state index contributed by atoms with van der Waals surface area (Å²) in [5.41, 5.74) is 0.965. The van der Waals surface area contributed by atoms with Gasteiger partial charge >= 0.3 is 0 Å². The predicted octanol–water partition coefficient (Wildman–Crippen LogP) is 0.647. The first-order valence-corrected chi connectivity index (χ1v) is 6.17. The van der Waals surface area contributed by atoms with Gasteiger partial charge in [-0.1, -0.05) is 11.4 Å². The van der Waals surface area contributed by atoms with Gasteiger partial charge in [-0.05, 0) is 6.26 Å². The molecule has 0 aromatic carbocycles. The molecule has 0 N–H and O–H groups in total. The van der Waals surface area contributed by atoms with E-state index >= 15 is 0 Å². The van der Waals surface area contributed by atoms with Crippen LogP contribution in [0.2, 0.25) is 0 Å². The van der Waals surface area contributed by atoms with Crippen LogP contribution >= 0.6 is 0 Å². The minimum Gasteiger partial charge on any atom is -0.641 e. The Bertz CT molecular complexity index is 411. The fourth-order valence-corrected chi connectivity index (χ4v) is 1.98. The first kappa shape index (κ1) is 14.1. The Morgan fingerprint density at radius 1 is 1.71 bits per heavy atom. The summed E-state index contributed by atoms with van der Waals surface area (Å²) in [6.07, 6.45) is 6.02. The van der Waals surface area contributed by atoms with Crippen molar-refractivity contribution in [1.29, 1.82) is 0 Å². The van der Waals surface area contributed by atoms with Crippen molar-refractivity contribution in [3.63, 3.8) is 0 Å². The summed E-state index contributed by atoms with van der Waals surface area (Å²) >= 11 is 0. The Hall–Kier alpha value is 0.0739. The molecule has 0 aliphatic carbocycles. The van der Waals surface area contributed by atoms with Crippen LogP contribution in [0.5, 0.6) is 0 Å². The summed E-state index contributed by atoms with van der Waals surface area (Å²) in [4.78, 5) is 0. The molecule has 0 saturated carbocycles. The second-order valence-electron chi connectivity index (χ2n) is 3.04. The average Bonchev–Trinajstić information content (AvgIpc) is 2.03. The second kappa shape index (κ2) is 5.83. The number of rotatable bonds is 2. The molecule has 0 aliphatic rings. The molecule has 1 unspecified atom stereocenters. The molecule has 0 aliphatic heterocycles. The molecule has 14 heavy (non-hydrogen) atoms. The van der Waals surface area contributed by atoms with E-state index in [1.807, 2.05) is 12.3 Å². The monoisotopic (exact) mass is 286 g/mol. The molecular formula is C9H13N2OSY-.